The second-order valence-electron chi connectivity index (χ2n) is 8.47. The normalized spacial score (nSPS) is 28.1. The van der Waals surface area contributed by atoms with E-state index in [1.54, 1.807) is 0 Å². The van der Waals surface area contributed by atoms with Gasteiger partial charge in [0.2, 0.25) is 11.8 Å². The van der Waals surface area contributed by atoms with Crippen molar-refractivity contribution in [3.63, 3.8) is 0 Å². The summed E-state index contributed by atoms with van der Waals surface area (Å²) in [6, 6.07) is 7.30. The van der Waals surface area contributed by atoms with Gasteiger partial charge in [-0.3, -0.25) is 9.59 Å². The first-order chi connectivity index (χ1) is 13.5. The predicted molar refractivity (Wildman–Crippen MR) is 105 cm³/mol. The summed E-state index contributed by atoms with van der Waals surface area (Å²) in [4.78, 5) is 31.1. The number of piperidine rings is 1. The molecule has 152 valence electrons. The maximum absolute atomic E-state index is 13.4. The topological polar surface area (TPSA) is 43.9 Å². The number of hydrogen-bond acceptors (Lipinski definition) is 3. The van der Waals surface area contributed by atoms with Crippen LogP contribution in [0.25, 0.3) is 0 Å². The molecule has 6 heteroatoms. The van der Waals surface area contributed by atoms with Crippen LogP contribution in [0.1, 0.15) is 50.0 Å². The molecule has 0 spiro atoms. The number of halogens is 1. The average molecular weight is 387 g/mol. The van der Waals surface area contributed by atoms with Gasteiger partial charge in [0, 0.05) is 50.5 Å². The van der Waals surface area contributed by atoms with Crippen LogP contribution in [0, 0.1) is 5.82 Å². The van der Waals surface area contributed by atoms with Crippen LogP contribution in [-0.2, 0) is 9.59 Å². The van der Waals surface area contributed by atoms with Crippen molar-refractivity contribution in [1.82, 2.24) is 14.7 Å². The number of carbonyl (C=O) groups is 2. The molecule has 0 aromatic heterocycles. The molecule has 0 radical (unpaired) electrons. The fourth-order valence-corrected chi connectivity index (χ4v) is 5.34. The third kappa shape index (κ3) is 3.79. The molecule has 3 aliphatic rings. The molecule has 28 heavy (non-hydrogen) atoms. The van der Waals surface area contributed by atoms with Crippen LogP contribution < -0.4 is 0 Å². The first-order valence-electron chi connectivity index (χ1n) is 10.6. The van der Waals surface area contributed by atoms with Gasteiger partial charge in [-0.15, -0.1) is 0 Å². The number of fused-ring (bicyclic) bond motifs is 1. The Hall–Kier alpha value is -1.95. The fourth-order valence-electron chi connectivity index (χ4n) is 5.34. The molecule has 0 N–H and O–H groups in total. The lowest BCUT2D eigenvalue weighted by Gasteiger charge is -2.39. The summed E-state index contributed by atoms with van der Waals surface area (Å²) < 4.78 is 13.4. The molecule has 3 atom stereocenters. The Bertz CT molecular complexity index is 723. The van der Waals surface area contributed by atoms with Gasteiger partial charge in [0.1, 0.15) is 5.82 Å². The Morgan fingerprint density at radius 2 is 1.96 bits per heavy atom. The van der Waals surface area contributed by atoms with Crippen LogP contribution >= 0.6 is 0 Å². The largest absolute Gasteiger partial charge is 0.343 e. The molecule has 1 aromatic rings. The van der Waals surface area contributed by atoms with E-state index in [9.17, 15) is 14.0 Å². The highest BCUT2D eigenvalue weighted by atomic mass is 19.1. The summed E-state index contributed by atoms with van der Waals surface area (Å²) in [6.07, 6.45) is 4.94. The minimum absolute atomic E-state index is 0.196. The molecule has 3 fully saturated rings. The van der Waals surface area contributed by atoms with Gasteiger partial charge in [0.05, 0.1) is 0 Å². The third-order valence-electron chi connectivity index (χ3n) is 6.73. The van der Waals surface area contributed by atoms with E-state index in [2.05, 4.69) is 16.8 Å². The zero-order valence-electron chi connectivity index (χ0n) is 16.6. The van der Waals surface area contributed by atoms with Crippen LogP contribution in [0.3, 0.4) is 0 Å². The third-order valence-corrected chi connectivity index (χ3v) is 6.73. The van der Waals surface area contributed by atoms with Gasteiger partial charge in [-0.05, 0) is 57.0 Å². The van der Waals surface area contributed by atoms with Crippen LogP contribution in [0.2, 0.25) is 0 Å². The SMILES string of the molecule is CN1CCC[C@@H]2[C@H]1[C@@H](c1ccc(F)cc1)CN2C(=O)CCCN1CCCC1=O. The Morgan fingerprint density at radius 3 is 2.68 bits per heavy atom. The zero-order valence-corrected chi connectivity index (χ0v) is 16.6. The molecule has 3 aliphatic heterocycles. The van der Waals surface area contributed by atoms with Crippen molar-refractivity contribution in [2.24, 2.45) is 0 Å². The lowest BCUT2D eigenvalue weighted by molar-refractivity contribution is -0.134. The minimum atomic E-state index is -0.223. The molecular weight excluding hydrogens is 357 g/mol. The van der Waals surface area contributed by atoms with Gasteiger partial charge in [0.15, 0.2) is 0 Å². The van der Waals surface area contributed by atoms with Crippen LogP contribution in [0.5, 0.6) is 0 Å². The Labute approximate surface area is 166 Å². The van der Waals surface area contributed by atoms with E-state index in [0.717, 1.165) is 44.3 Å². The van der Waals surface area contributed by atoms with Crippen molar-refractivity contribution < 1.29 is 14.0 Å². The number of amides is 2. The molecule has 5 nitrogen and oxygen atoms in total. The van der Waals surface area contributed by atoms with E-state index >= 15 is 0 Å². The van der Waals surface area contributed by atoms with Gasteiger partial charge in [-0.1, -0.05) is 12.1 Å². The van der Waals surface area contributed by atoms with Crippen molar-refractivity contribution in [2.45, 2.75) is 56.5 Å². The van der Waals surface area contributed by atoms with E-state index in [1.165, 1.54) is 12.1 Å². The quantitative estimate of drug-likeness (QED) is 0.780. The van der Waals surface area contributed by atoms with Crippen molar-refractivity contribution >= 4 is 11.8 Å². The summed E-state index contributed by atoms with van der Waals surface area (Å²) in [5.74, 6) is 0.417. The summed E-state index contributed by atoms with van der Waals surface area (Å²) in [5, 5.41) is 0. The molecule has 4 rings (SSSR count). The standard InChI is InChI=1S/C22H30FN3O2/c1-24-12-2-5-19-22(24)18(16-8-10-17(23)11-9-16)15-26(19)21(28)7-4-14-25-13-3-6-20(25)27/h8-11,18-19,22H,2-7,12-15H2,1H3/t18-,19-,22-/m1/s1. The predicted octanol–water partition coefficient (Wildman–Crippen LogP) is 2.62. The van der Waals surface area contributed by atoms with Gasteiger partial charge in [-0.2, -0.15) is 0 Å². The molecule has 1 aromatic carbocycles. The van der Waals surface area contributed by atoms with E-state index in [0.29, 0.717) is 32.0 Å². The number of likely N-dealkylation sites (tertiary alicyclic amines) is 3. The summed E-state index contributed by atoms with van der Waals surface area (Å²) in [6.45, 7) is 3.26. The van der Waals surface area contributed by atoms with E-state index in [4.69, 9.17) is 0 Å². The van der Waals surface area contributed by atoms with Crippen molar-refractivity contribution in [2.75, 3.05) is 33.2 Å². The molecule has 3 saturated heterocycles. The van der Waals surface area contributed by atoms with Crippen LogP contribution in [0.4, 0.5) is 4.39 Å². The average Bonchev–Trinajstić information content (AvgIpc) is 3.27. The number of nitrogens with zero attached hydrogens (tertiary/aromatic N) is 3. The Kier molecular flexibility index (Phi) is 5.67. The monoisotopic (exact) mass is 387 g/mol. The Balaban J connectivity index is 1.43. The highest BCUT2D eigenvalue weighted by molar-refractivity contribution is 5.79. The highest BCUT2D eigenvalue weighted by Gasteiger charge is 2.47. The maximum atomic E-state index is 13.4. The zero-order chi connectivity index (χ0) is 19.7. The second-order valence-corrected chi connectivity index (χ2v) is 8.47. The van der Waals surface area contributed by atoms with Gasteiger partial charge in [0.25, 0.3) is 0 Å². The second kappa shape index (κ2) is 8.19. The first kappa shape index (κ1) is 19.4. The molecule has 0 aliphatic carbocycles. The van der Waals surface area contributed by atoms with E-state index in [1.807, 2.05) is 17.0 Å². The van der Waals surface area contributed by atoms with E-state index < -0.39 is 0 Å². The smallest absolute Gasteiger partial charge is 0.222 e. The van der Waals surface area contributed by atoms with E-state index in [-0.39, 0.29) is 29.6 Å². The molecular formula is C22H30FN3O2. The maximum Gasteiger partial charge on any atom is 0.222 e. The van der Waals surface area contributed by atoms with Crippen molar-refractivity contribution in [3.8, 4) is 0 Å². The number of likely N-dealkylation sites (N-methyl/N-ethyl adjacent to an activating group) is 1. The summed E-state index contributed by atoms with van der Waals surface area (Å²) in [7, 11) is 2.14. The van der Waals surface area contributed by atoms with Gasteiger partial charge >= 0.3 is 0 Å². The van der Waals surface area contributed by atoms with Crippen LogP contribution in [0.15, 0.2) is 24.3 Å². The molecule has 0 unspecified atom stereocenters. The first-order valence-corrected chi connectivity index (χ1v) is 10.6. The minimum Gasteiger partial charge on any atom is -0.343 e. The summed E-state index contributed by atoms with van der Waals surface area (Å²) in [5.41, 5.74) is 1.11. The summed E-state index contributed by atoms with van der Waals surface area (Å²) >= 11 is 0. The van der Waals surface area contributed by atoms with Crippen molar-refractivity contribution in [1.29, 1.82) is 0 Å². The number of hydrogen-bond donors (Lipinski definition) is 0. The molecule has 2 amide bonds. The Morgan fingerprint density at radius 1 is 1.18 bits per heavy atom. The lowest BCUT2D eigenvalue weighted by atomic mass is 9.86. The molecule has 0 bridgehead atoms. The van der Waals surface area contributed by atoms with Crippen LogP contribution in [-0.4, -0.2) is 71.8 Å². The fraction of sp³-hybridized carbons (Fsp3) is 0.636. The van der Waals surface area contributed by atoms with Crippen molar-refractivity contribution in [3.05, 3.63) is 35.6 Å². The number of benzene rings is 1. The lowest BCUT2D eigenvalue weighted by Crippen LogP contribution is -2.50. The van der Waals surface area contributed by atoms with Gasteiger partial charge < -0.3 is 14.7 Å². The van der Waals surface area contributed by atoms with Gasteiger partial charge in [-0.25, -0.2) is 4.39 Å². The highest BCUT2D eigenvalue weighted by Crippen LogP contribution is 2.39. The molecule has 3 heterocycles. The number of rotatable bonds is 5. The number of carbonyl (C=O) groups excluding carboxylic acids is 2. The molecule has 0 saturated carbocycles.